The van der Waals surface area contributed by atoms with Gasteiger partial charge in [0.15, 0.2) is 6.29 Å². The van der Waals surface area contributed by atoms with E-state index in [1.807, 2.05) is 0 Å². The lowest BCUT2D eigenvalue weighted by atomic mass is 10.1. The second kappa shape index (κ2) is 5.89. The molecule has 3 nitrogen and oxygen atoms in total. The Labute approximate surface area is 92.3 Å². The summed E-state index contributed by atoms with van der Waals surface area (Å²) in [5, 5.41) is 17.7. The van der Waals surface area contributed by atoms with Gasteiger partial charge in [0, 0.05) is 24.7 Å². The van der Waals surface area contributed by atoms with Crippen LogP contribution in [0.2, 0.25) is 0 Å². The highest BCUT2D eigenvalue weighted by atomic mass is 19.1. The normalized spacial score (nSPS) is 12.8. The zero-order chi connectivity index (χ0) is 12.1. The van der Waals surface area contributed by atoms with Crippen molar-refractivity contribution in [3.63, 3.8) is 0 Å². The fourth-order valence-corrected chi connectivity index (χ4v) is 1.21. The van der Waals surface area contributed by atoms with Crippen molar-refractivity contribution < 1.29 is 23.7 Å². The van der Waals surface area contributed by atoms with Crippen LogP contribution in [0.25, 0.3) is 0 Å². The van der Waals surface area contributed by atoms with Crippen LogP contribution in [-0.2, 0) is 11.3 Å². The summed E-state index contributed by atoms with van der Waals surface area (Å²) in [7, 11) is 0. The minimum atomic E-state index is -1.14. The molecule has 90 valence electrons. The average molecular weight is 232 g/mol. The van der Waals surface area contributed by atoms with Gasteiger partial charge in [-0.2, -0.15) is 0 Å². The van der Waals surface area contributed by atoms with Crippen LogP contribution in [0, 0.1) is 18.6 Å². The van der Waals surface area contributed by atoms with E-state index in [-0.39, 0.29) is 25.2 Å². The van der Waals surface area contributed by atoms with Crippen LogP contribution < -0.4 is 0 Å². The molecular weight excluding hydrogens is 218 g/mol. The van der Waals surface area contributed by atoms with E-state index in [2.05, 4.69) is 0 Å². The summed E-state index contributed by atoms with van der Waals surface area (Å²) >= 11 is 0. The van der Waals surface area contributed by atoms with Gasteiger partial charge in [-0.15, -0.1) is 0 Å². The standard InChI is InChI=1S/C11H14F2O3/c1-7-4-8(10(13)5-9(7)12)6-16-11(15)2-3-14/h4-5,11,14-15H,2-3,6H2,1H3. The van der Waals surface area contributed by atoms with E-state index in [9.17, 15) is 8.78 Å². The smallest absolute Gasteiger partial charge is 0.157 e. The molecule has 1 rings (SSSR count). The Balaban J connectivity index is 2.63. The van der Waals surface area contributed by atoms with E-state index >= 15 is 0 Å². The van der Waals surface area contributed by atoms with Crippen LogP contribution in [-0.4, -0.2) is 23.1 Å². The fourth-order valence-electron chi connectivity index (χ4n) is 1.21. The van der Waals surface area contributed by atoms with Crippen molar-refractivity contribution in [3.8, 4) is 0 Å². The Bertz CT molecular complexity index is 355. The molecule has 0 bridgehead atoms. The molecule has 2 N–H and O–H groups in total. The second-order valence-corrected chi connectivity index (χ2v) is 3.47. The summed E-state index contributed by atoms with van der Waals surface area (Å²) in [5.74, 6) is -1.32. The molecule has 16 heavy (non-hydrogen) atoms. The van der Waals surface area contributed by atoms with Gasteiger partial charge in [0.2, 0.25) is 0 Å². The van der Waals surface area contributed by atoms with E-state index in [0.29, 0.717) is 5.56 Å². The molecule has 0 fully saturated rings. The minimum Gasteiger partial charge on any atom is -0.396 e. The van der Waals surface area contributed by atoms with E-state index in [1.54, 1.807) is 0 Å². The molecule has 0 aliphatic rings. The lowest BCUT2D eigenvalue weighted by Gasteiger charge is -2.11. The van der Waals surface area contributed by atoms with Crippen LogP contribution in [0.15, 0.2) is 12.1 Å². The van der Waals surface area contributed by atoms with Crippen LogP contribution in [0.1, 0.15) is 17.5 Å². The average Bonchev–Trinajstić information content (AvgIpc) is 2.22. The maximum Gasteiger partial charge on any atom is 0.157 e. The Morgan fingerprint density at radius 3 is 2.62 bits per heavy atom. The predicted molar refractivity (Wildman–Crippen MR) is 53.6 cm³/mol. The first kappa shape index (κ1) is 13.0. The first-order valence-corrected chi connectivity index (χ1v) is 4.89. The van der Waals surface area contributed by atoms with Gasteiger partial charge in [0.05, 0.1) is 6.61 Å². The van der Waals surface area contributed by atoms with E-state index in [4.69, 9.17) is 14.9 Å². The Morgan fingerprint density at radius 2 is 2.00 bits per heavy atom. The third-order valence-electron chi connectivity index (χ3n) is 2.13. The van der Waals surface area contributed by atoms with Crippen molar-refractivity contribution in [2.45, 2.75) is 26.2 Å². The number of halogens is 2. The summed E-state index contributed by atoms with van der Waals surface area (Å²) in [6.45, 7) is 1.14. The largest absolute Gasteiger partial charge is 0.396 e. The Kier molecular flexibility index (Phi) is 4.79. The maximum atomic E-state index is 13.2. The molecule has 1 unspecified atom stereocenters. The summed E-state index contributed by atoms with van der Waals surface area (Å²) in [6, 6.07) is 2.11. The molecule has 0 saturated heterocycles. The highest BCUT2D eigenvalue weighted by Crippen LogP contribution is 2.15. The van der Waals surface area contributed by atoms with Gasteiger partial charge in [0.1, 0.15) is 11.6 Å². The number of hydrogen-bond donors (Lipinski definition) is 2. The summed E-state index contributed by atoms with van der Waals surface area (Å²) in [6.07, 6.45) is -1.09. The van der Waals surface area contributed by atoms with Gasteiger partial charge in [-0.25, -0.2) is 8.78 Å². The summed E-state index contributed by atoms with van der Waals surface area (Å²) in [4.78, 5) is 0. The number of aliphatic hydroxyl groups excluding tert-OH is 2. The molecule has 0 amide bonds. The Hall–Kier alpha value is -1.04. The van der Waals surface area contributed by atoms with Crippen molar-refractivity contribution in [3.05, 3.63) is 34.9 Å². The maximum absolute atomic E-state index is 13.2. The molecule has 1 aromatic carbocycles. The van der Waals surface area contributed by atoms with Crippen LogP contribution in [0.3, 0.4) is 0 Å². The number of ether oxygens (including phenoxy) is 1. The lowest BCUT2D eigenvalue weighted by Crippen LogP contribution is -2.14. The van der Waals surface area contributed by atoms with Gasteiger partial charge in [-0.1, -0.05) is 0 Å². The van der Waals surface area contributed by atoms with Gasteiger partial charge in [-0.05, 0) is 18.6 Å². The second-order valence-electron chi connectivity index (χ2n) is 3.47. The number of rotatable bonds is 5. The van der Waals surface area contributed by atoms with Crippen LogP contribution in [0.5, 0.6) is 0 Å². The summed E-state index contributed by atoms with van der Waals surface area (Å²) in [5.41, 5.74) is 0.493. The SMILES string of the molecule is Cc1cc(COC(O)CCO)c(F)cc1F. The highest BCUT2D eigenvalue weighted by Gasteiger charge is 2.09. The van der Waals surface area contributed by atoms with E-state index < -0.39 is 17.9 Å². The van der Waals surface area contributed by atoms with Crippen molar-refractivity contribution in [2.24, 2.45) is 0 Å². The zero-order valence-electron chi connectivity index (χ0n) is 8.91. The molecule has 0 saturated carbocycles. The molecule has 1 atom stereocenters. The van der Waals surface area contributed by atoms with Crippen molar-refractivity contribution in [2.75, 3.05) is 6.61 Å². The molecule has 0 aromatic heterocycles. The monoisotopic (exact) mass is 232 g/mol. The third-order valence-corrected chi connectivity index (χ3v) is 2.13. The van der Waals surface area contributed by atoms with Crippen molar-refractivity contribution in [1.82, 2.24) is 0 Å². The summed E-state index contributed by atoms with van der Waals surface area (Å²) < 4.78 is 31.0. The van der Waals surface area contributed by atoms with Crippen molar-refractivity contribution in [1.29, 1.82) is 0 Å². The van der Waals surface area contributed by atoms with Gasteiger partial charge < -0.3 is 14.9 Å². The van der Waals surface area contributed by atoms with E-state index in [1.165, 1.54) is 13.0 Å². The fraction of sp³-hybridized carbons (Fsp3) is 0.455. The van der Waals surface area contributed by atoms with Gasteiger partial charge in [0.25, 0.3) is 0 Å². The van der Waals surface area contributed by atoms with Gasteiger partial charge in [-0.3, -0.25) is 0 Å². The minimum absolute atomic E-state index is 0.0573. The molecule has 0 spiro atoms. The van der Waals surface area contributed by atoms with Crippen molar-refractivity contribution >= 4 is 0 Å². The topological polar surface area (TPSA) is 49.7 Å². The molecule has 5 heteroatoms. The molecule has 0 aliphatic carbocycles. The van der Waals surface area contributed by atoms with Crippen LogP contribution >= 0.6 is 0 Å². The quantitative estimate of drug-likeness (QED) is 0.756. The zero-order valence-corrected chi connectivity index (χ0v) is 8.91. The third kappa shape index (κ3) is 3.52. The molecule has 1 aromatic rings. The molecule has 0 heterocycles. The molecule has 0 radical (unpaired) electrons. The molecular formula is C11H14F2O3. The van der Waals surface area contributed by atoms with Crippen LogP contribution in [0.4, 0.5) is 8.78 Å². The first-order chi connectivity index (χ1) is 7.54. The lowest BCUT2D eigenvalue weighted by molar-refractivity contribution is -0.117. The predicted octanol–water partition coefficient (Wildman–Crippen LogP) is 1.49. The van der Waals surface area contributed by atoms with Gasteiger partial charge >= 0.3 is 0 Å². The number of aliphatic hydroxyl groups is 2. The molecule has 0 aliphatic heterocycles. The highest BCUT2D eigenvalue weighted by molar-refractivity contribution is 5.25. The number of hydrogen-bond acceptors (Lipinski definition) is 3. The number of aryl methyl sites for hydroxylation is 1. The first-order valence-electron chi connectivity index (χ1n) is 4.89. The Morgan fingerprint density at radius 1 is 1.31 bits per heavy atom. The van der Waals surface area contributed by atoms with E-state index in [0.717, 1.165) is 6.07 Å². The number of benzene rings is 1.